The van der Waals surface area contributed by atoms with Gasteiger partial charge in [-0.3, -0.25) is 14.7 Å². The summed E-state index contributed by atoms with van der Waals surface area (Å²) in [7, 11) is 0. The third kappa shape index (κ3) is 5.17. The van der Waals surface area contributed by atoms with Crippen LogP contribution in [0.1, 0.15) is 25.0 Å². The summed E-state index contributed by atoms with van der Waals surface area (Å²) in [5.41, 5.74) is 9.09. The topological polar surface area (TPSA) is 109 Å². The van der Waals surface area contributed by atoms with Gasteiger partial charge >= 0.3 is 6.01 Å². The van der Waals surface area contributed by atoms with Gasteiger partial charge in [-0.15, -0.1) is 0 Å². The van der Waals surface area contributed by atoms with Crippen LogP contribution in [0.5, 0.6) is 11.8 Å². The SMILES string of the molecule is CC1=CC(Nc2cc(N3CCN(CC(N)=O)CC3)nc(Oc3ccc4c(c3F)C=C(C)C4)n2)=NC1. The summed E-state index contributed by atoms with van der Waals surface area (Å²) in [4.78, 5) is 28.9. The van der Waals surface area contributed by atoms with E-state index in [1.807, 2.05) is 43.0 Å². The van der Waals surface area contributed by atoms with Crippen LogP contribution in [0.3, 0.4) is 0 Å². The fraction of sp³-hybridized carbons (Fsp3) is 0.360. The van der Waals surface area contributed by atoms with E-state index < -0.39 is 5.82 Å². The number of ether oxygens (including phenoxy) is 1. The fourth-order valence-corrected chi connectivity index (χ4v) is 4.48. The third-order valence-corrected chi connectivity index (χ3v) is 6.20. The first-order valence-electron chi connectivity index (χ1n) is 11.6. The molecule has 10 heteroatoms. The molecular formula is C25H28FN7O2. The van der Waals surface area contributed by atoms with Gasteiger partial charge in [-0.25, -0.2) is 4.39 Å². The summed E-state index contributed by atoms with van der Waals surface area (Å²) in [6.45, 7) is 7.51. The zero-order valence-electron chi connectivity index (χ0n) is 19.8. The highest BCUT2D eigenvalue weighted by Crippen LogP contribution is 2.34. The Morgan fingerprint density at radius 2 is 1.94 bits per heavy atom. The van der Waals surface area contributed by atoms with Crippen molar-refractivity contribution in [2.45, 2.75) is 20.3 Å². The zero-order valence-corrected chi connectivity index (χ0v) is 19.8. The minimum absolute atomic E-state index is 0.0430. The van der Waals surface area contributed by atoms with E-state index in [-0.39, 0.29) is 24.2 Å². The van der Waals surface area contributed by atoms with Gasteiger partial charge < -0.3 is 20.7 Å². The smallest absolute Gasteiger partial charge is 0.326 e. The van der Waals surface area contributed by atoms with Gasteiger partial charge in [0.1, 0.15) is 17.5 Å². The van der Waals surface area contributed by atoms with Crippen LogP contribution < -0.4 is 20.7 Å². The summed E-state index contributed by atoms with van der Waals surface area (Å²) < 4.78 is 21.1. The van der Waals surface area contributed by atoms with Gasteiger partial charge in [0, 0.05) is 37.8 Å². The van der Waals surface area contributed by atoms with E-state index in [0.29, 0.717) is 55.8 Å². The molecule has 0 radical (unpaired) electrons. The number of anilines is 2. The lowest BCUT2D eigenvalue weighted by Crippen LogP contribution is -2.49. The molecule has 35 heavy (non-hydrogen) atoms. The number of halogens is 1. The maximum absolute atomic E-state index is 15.2. The first kappa shape index (κ1) is 23.0. The number of nitrogens with one attached hydrogen (secondary N) is 1. The van der Waals surface area contributed by atoms with Gasteiger partial charge in [-0.2, -0.15) is 9.97 Å². The number of hydrogen-bond acceptors (Lipinski definition) is 8. The molecule has 1 aliphatic carbocycles. The molecule has 3 aliphatic rings. The average Bonchev–Trinajstić information content (AvgIpc) is 3.40. The molecule has 0 saturated carbocycles. The summed E-state index contributed by atoms with van der Waals surface area (Å²) in [5.74, 6) is 1.18. The lowest BCUT2D eigenvalue weighted by atomic mass is 10.1. The van der Waals surface area contributed by atoms with Crippen molar-refractivity contribution in [1.82, 2.24) is 14.9 Å². The first-order chi connectivity index (χ1) is 16.8. The van der Waals surface area contributed by atoms with Crippen LogP contribution in [-0.4, -0.2) is 65.9 Å². The average molecular weight is 478 g/mol. The van der Waals surface area contributed by atoms with Crippen LogP contribution in [-0.2, 0) is 11.2 Å². The molecule has 9 nitrogen and oxygen atoms in total. The van der Waals surface area contributed by atoms with Crippen LogP contribution in [0.4, 0.5) is 16.0 Å². The van der Waals surface area contributed by atoms with E-state index in [2.05, 4.69) is 25.2 Å². The Labute approximate surface area is 203 Å². The number of piperazine rings is 1. The molecule has 0 bridgehead atoms. The Morgan fingerprint density at radius 3 is 2.66 bits per heavy atom. The molecule has 1 saturated heterocycles. The fourth-order valence-electron chi connectivity index (χ4n) is 4.48. The van der Waals surface area contributed by atoms with Crippen LogP contribution >= 0.6 is 0 Å². The van der Waals surface area contributed by atoms with Gasteiger partial charge in [0.05, 0.1) is 13.1 Å². The Balaban J connectivity index is 1.42. The van der Waals surface area contributed by atoms with Crippen molar-refractivity contribution in [1.29, 1.82) is 0 Å². The zero-order chi connectivity index (χ0) is 24.5. The Hall–Kier alpha value is -3.79. The van der Waals surface area contributed by atoms with Crippen molar-refractivity contribution in [3.05, 3.63) is 52.4 Å². The maximum Gasteiger partial charge on any atom is 0.326 e. The van der Waals surface area contributed by atoms with E-state index >= 15 is 4.39 Å². The molecule has 1 fully saturated rings. The second-order valence-corrected chi connectivity index (χ2v) is 9.16. The monoisotopic (exact) mass is 477 g/mol. The number of nitrogens with two attached hydrogens (primary N) is 1. The van der Waals surface area contributed by atoms with Gasteiger partial charge in [0.25, 0.3) is 0 Å². The van der Waals surface area contributed by atoms with E-state index in [4.69, 9.17) is 10.5 Å². The Morgan fingerprint density at radius 1 is 1.14 bits per heavy atom. The van der Waals surface area contributed by atoms with Crippen molar-refractivity contribution >= 4 is 29.5 Å². The number of amides is 1. The van der Waals surface area contributed by atoms with Crippen LogP contribution in [0, 0.1) is 5.82 Å². The third-order valence-electron chi connectivity index (χ3n) is 6.20. The van der Waals surface area contributed by atoms with E-state index in [9.17, 15) is 4.79 Å². The minimum Gasteiger partial charge on any atom is -0.421 e. The van der Waals surface area contributed by atoms with Crippen molar-refractivity contribution in [3.8, 4) is 11.8 Å². The maximum atomic E-state index is 15.2. The van der Waals surface area contributed by atoms with Gasteiger partial charge in [0.2, 0.25) is 5.91 Å². The number of carbonyl (C=O) groups is 1. The predicted molar refractivity (Wildman–Crippen MR) is 133 cm³/mol. The lowest BCUT2D eigenvalue weighted by Gasteiger charge is -2.34. The normalized spacial score (nSPS) is 17.6. The molecule has 3 heterocycles. The number of nitrogens with zero attached hydrogens (tertiary/aromatic N) is 5. The number of aromatic nitrogens is 2. The highest BCUT2D eigenvalue weighted by atomic mass is 19.1. The van der Waals surface area contributed by atoms with E-state index in [1.54, 1.807) is 6.07 Å². The molecule has 5 rings (SSSR count). The summed E-state index contributed by atoms with van der Waals surface area (Å²) in [6, 6.07) is 5.37. The summed E-state index contributed by atoms with van der Waals surface area (Å²) in [5, 5.41) is 3.21. The molecule has 3 N–H and O–H groups in total. The number of hydrogen-bond donors (Lipinski definition) is 2. The highest BCUT2D eigenvalue weighted by Gasteiger charge is 2.23. The van der Waals surface area contributed by atoms with Crippen molar-refractivity contribution in [3.63, 3.8) is 0 Å². The lowest BCUT2D eigenvalue weighted by molar-refractivity contribution is -0.119. The molecule has 2 aliphatic heterocycles. The predicted octanol–water partition coefficient (Wildman–Crippen LogP) is 2.75. The van der Waals surface area contributed by atoms with Gasteiger partial charge in [-0.05, 0) is 43.5 Å². The van der Waals surface area contributed by atoms with E-state index in [1.165, 1.54) is 0 Å². The van der Waals surface area contributed by atoms with Crippen LogP contribution in [0.15, 0.2) is 40.4 Å². The van der Waals surface area contributed by atoms with Crippen LogP contribution in [0.25, 0.3) is 6.08 Å². The van der Waals surface area contributed by atoms with E-state index in [0.717, 1.165) is 23.1 Å². The second-order valence-electron chi connectivity index (χ2n) is 9.16. The number of carbonyl (C=O) groups excluding carboxylic acids is 1. The minimum atomic E-state index is -0.415. The van der Waals surface area contributed by atoms with Crippen LogP contribution in [0.2, 0.25) is 0 Å². The standard InChI is InChI=1S/C25H28FN7O2/c1-15-9-17-3-4-19(24(26)18(17)10-15)35-25-30-22(29-21-11-16(2)13-28-21)12-23(31-25)33-7-5-32(6-8-33)14-20(27)34/h3-4,10-12H,5-9,13-14H2,1-2H3,(H2,27,34)(H,28,29,30,31). The first-order valence-corrected chi connectivity index (χ1v) is 11.6. The molecule has 1 aromatic heterocycles. The quantitative estimate of drug-likeness (QED) is 0.659. The molecule has 1 amide bonds. The molecule has 182 valence electrons. The Bertz CT molecular complexity index is 1260. The number of primary amides is 1. The number of benzene rings is 1. The largest absolute Gasteiger partial charge is 0.421 e. The van der Waals surface area contributed by atoms with Gasteiger partial charge in [-0.1, -0.05) is 17.7 Å². The summed E-state index contributed by atoms with van der Waals surface area (Å²) >= 11 is 0. The number of amidine groups is 1. The van der Waals surface area contributed by atoms with Crippen molar-refractivity contribution in [2.24, 2.45) is 10.7 Å². The molecule has 2 aromatic rings. The van der Waals surface area contributed by atoms with Crippen molar-refractivity contribution < 1.29 is 13.9 Å². The molecule has 0 unspecified atom stereocenters. The number of rotatable bonds is 6. The highest BCUT2D eigenvalue weighted by molar-refractivity contribution is 6.05. The molecule has 0 spiro atoms. The summed E-state index contributed by atoms with van der Waals surface area (Å²) in [6.07, 6.45) is 4.55. The molecule has 1 aromatic carbocycles. The van der Waals surface area contributed by atoms with Gasteiger partial charge in [0.15, 0.2) is 11.6 Å². The second kappa shape index (κ2) is 9.46. The molecular weight excluding hydrogens is 449 g/mol. The number of aliphatic imine (C=N–C) groups is 1. The molecule has 0 atom stereocenters. The Kier molecular flexibility index (Phi) is 6.21. The number of fused-ring (bicyclic) bond motifs is 1. The number of allylic oxidation sites excluding steroid dienone is 1. The van der Waals surface area contributed by atoms with Crippen molar-refractivity contribution in [2.75, 3.05) is 49.5 Å².